The van der Waals surface area contributed by atoms with Gasteiger partial charge in [-0.15, -0.1) is 0 Å². The lowest BCUT2D eigenvalue weighted by Crippen LogP contribution is -2.22. The molecule has 0 spiro atoms. The lowest BCUT2D eigenvalue weighted by molar-refractivity contribution is -0.140. The van der Waals surface area contributed by atoms with E-state index >= 15 is 0 Å². The van der Waals surface area contributed by atoms with Crippen LogP contribution in [0.1, 0.15) is 36.8 Å². The summed E-state index contributed by atoms with van der Waals surface area (Å²) in [6, 6.07) is 8.52. The van der Waals surface area contributed by atoms with Crippen molar-refractivity contribution in [1.29, 1.82) is 0 Å². The summed E-state index contributed by atoms with van der Waals surface area (Å²) in [4.78, 5) is 11.4. The van der Waals surface area contributed by atoms with Gasteiger partial charge in [-0.3, -0.25) is 0 Å². The van der Waals surface area contributed by atoms with Crippen LogP contribution in [-0.4, -0.2) is 12.1 Å². The van der Waals surface area contributed by atoms with Gasteiger partial charge in [-0.2, -0.15) is 0 Å². The fourth-order valence-electron chi connectivity index (χ4n) is 2.90. The van der Waals surface area contributed by atoms with Crippen LogP contribution in [0.2, 0.25) is 0 Å². The molecular weight excluding hydrogens is 212 g/mol. The van der Waals surface area contributed by atoms with E-state index in [4.69, 9.17) is 4.74 Å². The van der Waals surface area contributed by atoms with Crippen molar-refractivity contribution in [2.75, 3.05) is 0 Å². The lowest BCUT2D eigenvalue weighted by atomic mass is 9.80. The van der Waals surface area contributed by atoms with Crippen LogP contribution in [0, 0.1) is 0 Å². The van der Waals surface area contributed by atoms with Crippen molar-refractivity contribution in [3.63, 3.8) is 0 Å². The molecule has 0 radical (unpaired) electrons. The summed E-state index contributed by atoms with van der Waals surface area (Å²) in [6.45, 7) is 1.83. The second kappa shape index (κ2) is 4.02. The Morgan fingerprint density at radius 2 is 2.12 bits per heavy atom. The van der Waals surface area contributed by atoms with Crippen molar-refractivity contribution < 1.29 is 9.53 Å². The summed E-state index contributed by atoms with van der Waals surface area (Å²) >= 11 is 0. The van der Waals surface area contributed by atoms with Crippen LogP contribution in [0.4, 0.5) is 0 Å². The number of esters is 1. The molecule has 0 fully saturated rings. The molecule has 0 saturated heterocycles. The predicted octanol–water partition coefficient (Wildman–Crippen LogP) is 2.98. The fraction of sp³-hybridized carbons (Fsp3) is 0.400. The van der Waals surface area contributed by atoms with Crippen LogP contribution in [0.25, 0.3) is 0 Å². The Morgan fingerprint density at radius 3 is 2.88 bits per heavy atom. The molecule has 0 bridgehead atoms. The van der Waals surface area contributed by atoms with E-state index in [1.807, 2.05) is 13.0 Å². The van der Waals surface area contributed by atoms with Crippen LogP contribution in [0.5, 0.6) is 0 Å². The molecule has 0 N–H and O–H groups in total. The zero-order valence-corrected chi connectivity index (χ0v) is 9.98. The van der Waals surface area contributed by atoms with E-state index in [0.717, 1.165) is 18.4 Å². The van der Waals surface area contributed by atoms with Crippen LogP contribution >= 0.6 is 0 Å². The molecule has 2 atom stereocenters. The second-order valence-corrected chi connectivity index (χ2v) is 4.92. The topological polar surface area (TPSA) is 26.3 Å². The molecule has 17 heavy (non-hydrogen) atoms. The molecule has 1 aromatic carbocycles. The zero-order chi connectivity index (χ0) is 11.8. The predicted molar refractivity (Wildman–Crippen MR) is 65.8 cm³/mol. The smallest absolute Gasteiger partial charge is 0.334 e. The number of cyclic esters (lactones) is 1. The van der Waals surface area contributed by atoms with E-state index in [1.54, 1.807) is 0 Å². The molecule has 1 aromatic rings. The Labute approximate surface area is 101 Å². The van der Waals surface area contributed by atoms with Crippen molar-refractivity contribution in [2.45, 2.75) is 38.2 Å². The average molecular weight is 228 g/mol. The van der Waals surface area contributed by atoms with Gasteiger partial charge < -0.3 is 4.74 Å². The Morgan fingerprint density at radius 1 is 1.29 bits per heavy atom. The second-order valence-electron chi connectivity index (χ2n) is 4.92. The molecule has 3 rings (SSSR count). The summed E-state index contributed by atoms with van der Waals surface area (Å²) in [7, 11) is 0. The maximum absolute atomic E-state index is 11.4. The molecule has 2 aliphatic rings. The fourth-order valence-corrected chi connectivity index (χ4v) is 2.90. The first-order chi connectivity index (χ1) is 8.25. The number of fused-ring (bicyclic) bond motifs is 1. The SMILES string of the molecule is CC1=CC([C@@H]2CCCc3ccccc32)OC1=O. The molecule has 0 saturated carbocycles. The Kier molecular flexibility index (Phi) is 2.50. The maximum Gasteiger partial charge on any atom is 0.334 e. The summed E-state index contributed by atoms with van der Waals surface area (Å²) < 4.78 is 5.44. The highest BCUT2D eigenvalue weighted by Gasteiger charge is 2.33. The number of carbonyl (C=O) groups is 1. The number of rotatable bonds is 1. The maximum atomic E-state index is 11.4. The first kappa shape index (κ1) is 10.6. The molecule has 2 nitrogen and oxygen atoms in total. The number of hydrogen-bond acceptors (Lipinski definition) is 2. The third-order valence-electron chi connectivity index (χ3n) is 3.79. The summed E-state index contributed by atoms with van der Waals surface area (Å²) in [5.41, 5.74) is 3.53. The standard InChI is InChI=1S/C15H16O2/c1-10-9-14(17-15(10)16)13-8-4-6-11-5-2-3-7-12(11)13/h2-3,5,7,9,13-14H,4,6,8H2,1H3/t13-,14?/m1/s1. The highest BCUT2D eigenvalue weighted by atomic mass is 16.5. The van der Waals surface area contributed by atoms with Crippen molar-refractivity contribution in [2.24, 2.45) is 0 Å². The number of carbonyl (C=O) groups excluding carboxylic acids is 1. The Hall–Kier alpha value is -1.57. The Balaban J connectivity index is 1.94. The summed E-state index contributed by atoms with van der Waals surface area (Å²) in [5, 5.41) is 0. The van der Waals surface area contributed by atoms with Gasteiger partial charge in [0.2, 0.25) is 0 Å². The average Bonchev–Trinajstić information content (AvgIpc) is 2.69. The van der Waals surface area contributed by atoms with Crippen molar-refractivity contribution in [3.05, 3.63) is 47.0 Å². The minimum Gasteiger partial charge on any atom is -0.454 e. The van der Waals surface area contributed by atoms with Crippen LogP contribution < -0.4 is 0 Å². The summed E-state index contributed by atoms with van der Waals surface area (Å²) in [6.07, 6.45) is 5.37. The molecule has 1 aliphatic carbocycles. The van der Waals surface area contributed by atoms with Gasteiger partial charge in [0, 0.05) is 11.5 Å². The Bertz CT molecular complexity index is 487. The van der Waals surface area contributed by atoms with Crippen LogP contribution in [0.3, 0.4) is 0 Å². The van der Waals surface area contributed by atoms with Gasteiger partial charge in [0.25, 0.3) is 0 Å². The summed E-state index contributed by atoms with van der Waals surface area (Å²) in [5.74, 6) is 0.194. The van der Waals surface area contributed by atoms with E-state index in [1.165, 1.54) is 17.5 Å². The number of ether oxygens (including phenoxy) is 1. The molecule has 2 heteroatoms. The zero-order valence-electron chi connectivity index (χ0n) is 9.98. The molecular formula is C15H16O2. The quantitative estimate of drug-likeness (QED) is 0.691. The third-order valence-corrected chi connectivity index (χ3v) is 3.79. The van der Waals surface area contributed by atoms with Gasteiger partial charge in [0.15, 0.2) is 0 Å². The molecule has 1 aliphatic heterocycles. The van der Waals surface area contributed by atoms with E-state index in [0.29, 0.717) is 5.92 Å². The first-order valence-corrected chi connectivity index (χ1v) is 6.23. The highest BCUT2D eigenvalue weighted by molar-refractivity contribution is 5.90. The van der Waals surface area contributed by atoms with Crippen LogP contribution in [-0.2, 0) is 16.0 Å². The largest absolute Gasteiger partial charge is 0.454 e. The van der Waals surface area contributed by atoms with Gasteiger partial charge in [0.05, 0.1) is 0 Å². The van der Waals surface area contributed by atoms with Crippen molar-refractivity contribution in [1.82, 2.24) is 0 Å². The van der Waals surface area contributed by atoms with E-state index in [9.17, 15) is 4.79 Å². The minimum absolute atomic E-state index is 0.0519. The first-order valence-electron chi connectivity index (χ1n) is 6.23. The van der Waals surface area contributed by atoms with Crippen LogP contribution in [0.15, 0.2) is 35.9 Å². The van der Waals surface area contributed by atoms with Crippen molar-refractivity contribution >= 4 is 5.97 Å². The molecule has 0 aromatic heterocycles. The van der Waals surface area contributed by atoms with Gasteiger partial charge in [0.1, 0.15) is 6.10 Å². The van der Waals surface area contributed by atoms with Crippen molar-refractivity contribution in [3.8, 4) is 0 Å². The third kappa shape index (κ3) is 1.78. The molecule has 0 amide bonds. The highest BCUT2D eigenvalue weighted by Crippen LogP contribution is 2.37. The number of aryl methyl sites for hydroxylation is 1. The molecule has 1 unspecified atom stereocenters. The van der Waals surface area contributed by atoms with E-state index < -0.39 is 0 Å². The van der Waals surface area contributed by atoms with E-state index in [2.05, 4.69) is 24.3 Å². The van der Waals surface area contributed by atoms with Gasteiger partial charge in [-0.1, -0.05) is 24.3 Å². The van der Waals surface area contributed by atoms with Gasteiger partial charge in [-0.05, 0) is 43.4 Å². The molecule has 1 heterocycles. The number of hydrogen-bond donors (Lipinski definition) is 0. The van der Waals surface area contributed by atoms with E-state index in [-0.39, 0.29) is 12.1 Å². The monoisotopic (exact) mass is 228 g/mol. The molecule has 88 valence electrons. The minimum atomic E-state index is -0.155. The van der Waals surface area contributed by atoms with Gasteiger partial charge >= 0.3 is 5.97 Å². The van der Waals surface area contributed by atoms with Gasteiger partial charge in [-0.25, -0.2) is 4.79 Å². The number of benzene rings is 1. The normalized spacial score (nSPS) is 27.4. The lowest BCUT2D eigenvalue weighted by Gasteiger charge is -2.28.